The number of hydrogen-bond acceptors (Lipinski definition) is 4. The fourth-order valence-corrected chi connectivity index (χ4v) is 3.09. The second kappa shape index (κ2) is 5.08. The minimum Gasteiger partial charge on any atom is -0.360 e. The van der Waals surface area contributed by atoms with Gasteiger partial charge in [-0.05, 0) is 12.3 Å². The number of amidine groups is 1. The summed E-state index contributed by atoms with van der Waals surface area (Å²) in [6.07, 6.45) is 1.54. The molecule has 1 saturated heterocycles. The maximum absolute atomic E-state index is 11.0. The number of rotatable bonds is 2. The van der Waals surface area contributed by atoms with Crippen LogP contribution in [0.2, 0.25) is 0 Å². The van der Waals surface area contributed by atoms with Gasteiger partial charge in [0.1, 0.15) is 0 Å². The van der Waals surface area contributed by atoms with Gasteiger partial charge < -0.3 is 10.6 Å². The van der Waals surface area contributed by atoms with Gasteiger partial charge in [0.25, 0.3) is 0 Å². The van der Waals surface area contributed by atoms with Crippen LogP contribution in [0.25, 0.3) is 0 Å². The summed E-state index contributed by atoms with van der Waals surface area (Å²) in [7, 11) is 0. The second-order valence-corrected chi connectivity index (χ2v) is 5.75. The zero-order valence-electron chi connectivity index (χ0n) is 9.82. The molecule has 0 radical (unpaired) electrons. The van der Waals surface area contributed by atoms with Gasteiger partial charge in [-0.2, -0.15) is 0 Å². The number of carbonyl (C=O) groups excluding carboxylic acids is 1. The third-order valence-corrected chi connectivity index (χ3v) is 4.04. The van der Waals surface area contributed by atoms with E-state index in [1.165, 1.54) is 0 Å². The molecular weight excluding hydrogens is 222 g/mol. The van der Waals surface area contributed by atoms with Gasteiger partial charge >= 0.3 is 0 Å². The Hall–Kier alpha value is -0.710. The molecule has 16 heavy (non-hydrogen) atoms. The van der Waals surface area contributed by atoms with Crippen molar-refractivity contribution in [2.45, 2.75) is 38.8 Å². The van der Waals surface area contributed by atoms with E-state index in [4.69, 9.17) is 0 Å². The van der Waals surface area contributed by atoms with E-state index in [0.717, 1.165) is 23.9 Å². The first-order chi connectivity index (χ1) is 7.65. The van der Waals surface area contributed by atoms with Crippen LogP contribution in [0.15, 0.2) is 4.99 Å². The van der Waals surface area contributed by atoms with E-state index in [-0.39, 0.29) is 5.91 Å². The average molecular weight is 241 g/mol. The van der Waals surface area contributed by atoms with Crippen LogP contribution >= 0.6 is 11.8 Å². The molecular formula is C11H19N3OS. The smallest absolute Gasteiger partial charge is 0.220 e. The Morgan fingerprint density at radius 3 is 2.94 bits per heavy atom. The molecule has 2 rings (SSSR count). The monoisotopic (exact) mass is 241 g/mol. The van der Waals surface area contributed by atoms with Crippen LogP contribution in [-0.2, 0) is 4.79 Å². The van der Waals surface area contributed by atoms with E-state index in [1.54, 1.807) is 11.8 Å². The van der Waals surface area contributed by atoms with Gasteiger partial charge in [-0.1, -0.05) is 25.6 Å². The molecule has 0 saturated carbocycles. The minimum absolute atomic E-state index is 0.166. The molecule has 1 fully saturated rings. The lowest BCUT2D eigenvalue weighted by Gasteiger charge is -2.23. The van der Waals surface area contributed by atoms with Crippen molar-refractivity contribution >= 4 is 22.8 Å². The topological polar surface area (TPSA) is 53.5 Å². The number of hydrogen-bond donors (Lipinski definition) is 2. The Morgan fingerprint density at radius 1 is 1.56 bits per heavy atom. The number of amides is 1. The summed E-state index contributed by atoms with van der Waals surface area (Å²) in [5.41, 5.74) is 0. The van der Waals surface area contributed by atoms with Crippen LogP contribution in [0.1, 0.15) is 26.7 Å². The summed E-state index contributed by atoms with van der Waals surface area (Å²) in [6.45, 7) is 5.14. The summed E-state index contributed by atoms with van der Waals surface area (Å²) in [5, 5.41) is 7.35. The largest absolute Gasteiger partial charge is 0.360 e. The van der Waals surface area contributed by atoms with Crippen molar-refractivity contribution in [1.29, 1.82) is 0 Å². The third kappa shape index (κ3) is 2.90. The number of aliphatic imine (C=N–C) groups is 1. The van der Waals surface area contributed by atoms with Crippen molar-refractivity contribution in [3.05, 3.63) is 0 Å². The number of thioether (sulfide) groups is 1. The van der Waals surface area contributed by atoms with Gasteiger partial charge in [-0.25, -0.2) is 0 Å². The van der Waals surface area contributed by atoms with Crippen LogP contribution < -0.4 is 10.6 Å². The Balaban J connectivity index is 1.82. The SMILES string of the molecule is CC(C)[C@H]1CSC(NC2CCC(=O)NC2)=N1. The predicted octanol–water partition coefficient (Wildman–Crippen LogP) is 0.982. The zero-order chi connectivity index (χ0) is 11.5. The Labute approximate surface area is 101 Å². The minimum atomic E-state index is 0.166. The number of piperidine rings is 1. The molecule has 0 aromatic heterocycles. The highest BCUT2D eigenvalue weighted by Crippen LogP contribution is 2.22. The molecule has 0 spiro atoms. The highest BCUT2D eigenvalue weighted by atomic mass is 32.2. The Bertz CT molecular complexity index is 294. The first-order valence-electron chi connectivity index (χ1n) is 5.89. The van der Waals surface area contributed by atoms with Gasteiger partial charge in [0, 0.05) is 24.8 Å². The first kappa shape index (κ1) is 11.8. The molecule has 0 aromatic carbocycles. The number of nitrogens with zero attached hydrogens (tertiary/aromatic N) is 1. The molecule has 1 unspecified atom stereocenters. The van der Waals surface area contributed by atoms with Gasteiger partial charge in [0.2, 0.25) is 5.91 Å². The van der Waals surface area contributed by atoms with Crippen LogP contribution in [0.3, 0.4) is 0 Å². The molecule has 2 N–H and O–H groups in total. The van der Waals surface area contributed by atoms with Gasteiger partial charge in [-0.3, -0.25) is 9.79 Å². The number of carbonyl (C=O) groups is 1. The predicted molar refractivity (Wildman–Crippen MR) is 67.7 cm³/mol. The van der Waals surface area contributed by atoms with E-state index in [1.807, 2.05) is 0 Å². The average Bonchev–Trinajstić information content (AvgIpc) is 2.70. The molecule has 2 atom stereocenters. The Kier molecular flexibility index (Phi) is 3.74. The normalized spacial score (nSPS) is 30.2. The molecule has 5 heteroatoms. The quantitative estimate of drug-likeness (QED) is 0.758. The van der Waals surface area contributed by atoms with E-state index in [0.29, 0.717) is 24.4 Å². The third-order valence-electron chi connectivity index (χ3n) is 3.04. The fraction of sp³-hybridized carbons (Fsp3) is 0.818. The van der Waals surface area contributed by atoms with Crippen LogP contribution in [0.5, 0.6) is 0 Å². The lowest BCUT2D eigenvalue weighted by molar-refractivity contribution is -0.122. The maximum atomic E-state index is 11.0. The van der Waals surface area contributed by atoms with Crippen molar-refractivity contribution in [2.75, 3.05) is 12.3 Å². The van der Waals surface area contributed by atoms with E-state index in [2.05, 4.69) is 29.5 Å². The molecule has 0 aliphatic carbocycles. The van der Waals surface area contributed by atoms with Crippen molar-refractivity contribution in [3.8, 4) is 0 Å². The van der Waals surface area contributed by atoms with Crippen molar-refractivity contribution in [3.63, 3.8) is 0 Å². The molecule has 90 valence electrons. The molecule has 2 aliphatic rings. The lowest BCUT2D eigenvalue weighted by atomic mass is 10.1. The highest BCUT2D eigenvalue weighted by molar-refractivity contribution is 8.14. The summed E-state index contributed by atoms with van der Waals surface area (Å²) in [5.74, 6) is 1.86. The summed E-state index contributed by atoms with van der Waals surface area (Å²) in [4.78, 5) is 15.7. The van der Waals surface area contributed by atoms with Gasteiger partial charge in [-0.15, -0.1) is 0 Å². The first-order valence-corrected chi connectivity index (χ1v) is 6.87. The van der Waals surface area contributed by atoms with E-state index < -0.39 is 0 Å². The van der Waals surface area contributed by atoms with Crippen LogP contribution in [0, 0.1) is 5.92 Å². The van der Waals surface area contributed by atoms with Crippen LogP contribution in [-0.4, -0.2) is 35.5 Å². The Morgan fingerprint density at radius 2 is 2.38 bits per heavy atom. The molecule has 0 aromatic rings. The number of nitrogens with one attached hydrogen (secondary N) is 2. The van der Waals surface area contributed by atoms with Crippen molar-refractivity contribution in [2.24, 2.45) is 10.9 Å². The second-order valence-electron chi connectivity index (χ2n) is 4.74. The standard InChI is InChI=1S/C11H19N3OS/c1-7(2)9-6-16-11(14-9)13-8-3-4-10(15)12-5-8/h7-9H,3-6H2,1-2H3,(H,12,15)(H,13,14)/t8?,9-/m1/s1. The van der Waals surface area contributed by atoms with E-state index >= 15 is 0 Å². The van der Waals surface area contributed by atoms with Gasteiger partial charge in [0.15, 0.2) is 5.17 Å². The molecule has 2 heterocycles. The molecule has 0 bridgehead atoms. The molecule has 2 aliphatic heterocycles. The summed E-state index contributed by atoms with van der Waals surface area (Å²) < 4.78 is 0. The summed E-state index contributed by atoms with van der Waals surface area (Å²) in [6, 6.07) is 0.806. The molecule has 4 nitrogen and oxygen atoms in total. The van der Waals surface area contributed by atoms with Crippen LogP contribution in [0.4, 0.5) is 0 Å². The highest BCUT2D eigenvalue weighted by Gasteiger charge is 2.24. The van der Waals surface area contributed by atoms with E-state index in [9.17, 15) is 4.79 Å². The van der Waals surface area contributed by atoms with Crippen molar-refractivity contribution < 1.29 is 4.79 Å². The van der Waals surface area contributed by atoms with Crippen molar-refractivity contribution in [1.82, 2.24) is 10.6 Å². The lowest BCUT2D eigenvalue weighted by Crippen LogP contribution is -2.46. The fourth-order valence-electron chi connectivity index (χ4n) is 1.84. The molecule has 1 amide bonds. The summed E-state index contributed by atoms with van der Waals surface area (Å²) >= 11 is 1.80. The zero-order valence-corrected chi connectivity index (χ0v) is 10.6. The van der Waals surface area contributed by atoms with Gasteiger partial charge in [0.05, 0.1) is 6.04 Å². The maximum Gasteiger partial charge on any atom is 0.220 e.